The zero-order valence-electron chi connectivity index (χ0n) is 11.8. The molecule has 2 rings (SSSR count). The number of carbonyl (C=O) groups is 1. The third-order valence-electron chi connectivity index (χ3n) is 3.39. The van der Waals surface area contributed by atoms with Gasteiger partial charge in [0.2, 0.25) is 5.91 Å². The molecule has 1 aliphatic carbocycles. The van der Waals surface area contributed by atoms with Crippen LogP contribution in [0.5, 0.6) is 0 Å². The highest BCUT2D eigenvalue weighted by molar-refractivity contribution is 7.80. The van der Waals surface area contributed by atoms with Crippen LogP contribution in [-0.2, 0) is 4.79 Å². The molecule has 1 amide bonds. The van der Waals surface area contributed by atoms with E-state index in [1.807, 2.05) is 24.3 Å². The van der Waals surface area contributed by atoms with E-state index in [0.29, 0.717) is 28.8 Å². The molecule has 1 fully saturated rings. The maximum absolute atomic E-state index is 12.2. The van der Waals surface area contributed by atoms with Gasteiger partial charge in [-0.05, 0) is 37.9 Å². The molecule has 1 aromatic carbocycles. The van der Waals surface area contributed by atoms with Gasteiger partial charge in [-0.2, -0.15) is 0 Å². The van der Waals surface area contributed by atoms with Crippen molar-refractivity contribution in [2.24, 2.45) is 5.73 Å². The average Bonchev–Trinajstić information content (AvgIpc) is 3.23. The molecular weight excluding hydrogens is 270 g/mol. The van der Waals surface area contributed by atoms with E-state index in [2.05, 4.69) is 17.1 Å². The minimum absolute atomic E-state index is 0.00551. The molecule has 0 spiro atoms. The molecule has 0 aromatic heterocycles. The maximum atomic E-state index is 12.2. The summed E-state index contributed by atoms with van der Waals surface area (Å²) in [5.41, 5.74) is 7.07. The van der Waals surface area contributed by atoms with Crippen molar-refractivity contribution in [2.75, 3.05) is 18.4 Å². The first-order valence-electron chi connectivity index (χ1n) is 7.04. The fourth-order valence-corrected chi connectivity index (χ4v) is 2.48. The van der Waals surface area contributed by atoms with Crippen LogP contribution in [0.2, 0.25) is 0 Å². The number of nitrogens with two attached hydrogens (primary N) is 1. The monoisotopic (exact) mass is 291 g/mol. The number of hydrogen-bond donors (Lipinski definition) is 2. The molecule has 1 aliphatic rings. The number of nitrogens with zero attached hydrogens (tertiary/aromatic N) is 1. The van der Waals surface area contributed by atoms with Crippen LogP contribution in [0.4, 0.5) is 5.69 Å². The number of benzene rings is 1. The van der Waals surface area contributed by atoms with Crippen LogP contribution >= 0.6 is 12.2 Å². The highest BCUT2D eigenvalue weighted by Gasteiger charge is 2.29. The van der Waals surface area contributed by atoms with Crippen LogP contribution in [0.3, 0.4) is 0 Å². The third kappa shape index (κ3) is 4.02. The summed E-state index contributed by atoms with van der Waals surface area (Å²) in [5, 5.41) is 2.92. The number of anilines is 1. The van der Waals surface area contributed by atoms with E-state index >= 15 is 0 Å². The van der Waals surface area contributed by atoms with Gasteiger partial charge in [-0.15, -0.1) is 0 Å². The number of rotatable bonds is 7. The fourth-order valence-electron chi connectivity index (χ4n) is 2.30. The summed E-state index contributed by atoms with van der Waals surface area (Å²) in [4.78, 5) is 14.7. The Kier molecular flexibility index (Phi) is 5.09. The highest BCUT2D eigenvalue weighted by atomic mass is 32.1. The van der Waals surface area contributed by atoms with E-state index in [4.69, 9.17) is 18.0 Å². The van der Waals surface area contributed by atoms with E-state index < -0.39 is 0 Å². The molecule has 108 valence electrons. The second kappa shape index (κ2) is 6.81. The number of para-hydroxylation sites is 1. The Morgan fingerprint density at radius 3 is 2.75 bits per heavy atom. The van der Waals surface area contributed by atoms with Gasteiger partial charge in [-0.1, -0.05) is 31.3 Å². The first-order valence-corrected chi connectivity index (χ1v) is 7.45. The number of hydrogen-bond acceptors (Lipinski definition) is 3. The molecule has 0 radical (unpaired) electrons. The Balaban J connectivity index is 1.98. The van der Waals surface area contributed by atoms with Crippen LogP contribution in [0, 0.1) is 0 Å². The average molecular weight is 291 g/mol. The summed E-state index contributed by atoms with van der Waals surface area (Å²) in [7, 11) is 0. The van der Waals surface area contributed by atoms with Crippen LogP contribution in [-0.4, -0.2) is 34.9 Å². The van der Waals surface area contributed by atoms with Crippen molar-refractivity contribution in [3.8, 4) is 0 Å². The van der Waals surface area contributed by atoms with Gasteiger partial charge >= 0.3 is 0 Å². The molecule has 1 saturated carbocycles. The Hall–Kier alpha value is -1.46. The number of nitrogens with one attached hydrogen (secondary N) is 1. The van der Waals surface area contributed by atoms with Crippen molar-refractivity contribution >= 4 is 28.8 Å². The van der Waals surface area contributed by atoms with E-state index in [-0.39, 0.29) is 5.91 Å². The number of carbonyl (C=O) groups excluding carboxylic acids is 1. The molecule has 0 heterocycles. The second-order valence-corrected chi connectivity index (χ2v) is 5.60. The summed E-state index contributed by atoms with van der Waals surface area (Å²) in [6, 6.07) is 7.96. The van der Waals surface area contributed by atoms with Gasteiger partial charge in [0.05, 0.1) is 12.2 Å². The summed E-state index contributed by atoms with van der Waals surface area (Å²) < 4.78 is 0. The molecule has 4 nitrogen and oxygen atoms in total. The van der Waals surface area contributed by atoms with Crippen LogP contribution in [0.15, 0.2) is 24.3 Å². The summed E-state index contributed by atoms with van der Waals surface area (Å²) in [6.07, 6.45) is 3.47. The van der Waals surface area contributed by atoms with Gasteiger partial charge < -0.3 is 11.1 Å². The zero-order valence-corrected chi connectivity index (χ0v) is 12.6. The van der Waals surface area contributed by atoms with Gasteiger partial charge in [0.1, 0.15) is 4.99 Å². The van der Waals surface area contributed by atoms with Gasteiger partial charge in [-0.25, -0.2) is 0 Å². The lowest BCUT2D eigenvalue weighted by Crippen LogP contribution is -2.35. The predicted molar refractivity (Wildman–Crippen MR) is 85.8 cm³/mol. The Labute approximate surface area is 125 Å². The number of amides is 1. The van der Waals surface area contributed by atoms with Gasteiger partial charge in [0.15, 0.2) is 0 Å². The van der Waals surface area contributed by atoms with Gasteiger partial charge in [-0.3, -0.25) is 9.69 Å². The first-order chi connectivity index (χ1) is 9.61. The fraction of sp³-hybridized carbons (Fsp3) is 0.467. The van der Waals surface area contributed by atoms with Crippen LogP contribution in [0.25, 0.3) is 0 Å². The van der Waals surface area contributed by atoms with Crippen molar-refractivity contribution in [2.45, 2.75) is 32.2 Å². The minimum atomic E-state index is -0.00551. The molecule has 3 N–H and O–H groups in total. The Morgan fingerprint density at radius 1 is 1.45 bits per heavy atom. The molecule has 0 bridgehead atoms. The van der Waals surface area contributed by atoms with Crippen LogP contribution < -0.4 is 11.1 Å². The smallest absolute Gasteiger partial charge is 0.238 e. The molecule has 20 heavy (non-hydrogen) atoms. The third-order valence-corrected chi connectivity index (χ3v) is 3.61. The Bertz CT molecular complexity index is 500. The normalized spacial score (nSPS) is 14.3. The summed E-state index contributed by atoms with van der Waals surface area (Å²) in [5.74, 6) is -0.00551. The largest absolute Gasteiger partial charge is 0.389 e. The van der Waals surface area contributed by atoms with Crippen molar-refractivity contribution < 1.29 is 4.79 Å². The molecule has 1 aromatic rings. The molecular formula is C15H21N3OS. The predicted octanol–water partition coefficient (Wildman–Crippen LogP) is 2.13. The quantitative estimate of drug-likeness (QED) is 0.756. The second-order valence-electron chi connectivity index (χ2n) is 5.16. The zero-order chi connectivity index (χ0) is 14.5. The van der Waals surface area contributed by atoms with Gasteiger partial charge in [0.25, 0.3) is 0 Å². The van der Waals surface area contributed by atoms with Crippen molar-refractivity contribution in [3.63, 3.8) is 0 Å². The molecule has 0 aliphatic heterocycles. The molecule has 0 saturated heterocycles. The summed E-state index contributed by atoms with van der Waals surface area (Å²) in [6.45, 7) is 3.54. The van der Waals surface area contributed by atoms with E-state index in [9.17, 15) is 4.79 Å². The SMILES string of the molecule is CCCN(CC(=O)Nc1ccccc1C(N)=S)C1CC1. The minimum Gasteiger partial charge on any atom is -0.389 e. The maximum Gasteiger partial charge on any atom is 0.238 e. The molecule has 0 unspecified atom stereocenters. The van der Waals surface area contributed by atoms with Crippen molar-refractivity contribution in [1.82, 2.24) is 4.90 Å². The summed E-state index contributed by atoms with van der Waals surface area (Å²) >= 11 is 5.00. The molecule has 0 atom stereocenters. The van der Waals surface area contributed by atoms with Crippen molar-refractivity contribution in [1.29, 1.82) is 0 Å². The lowest BCUT2D eigenvalue weighted by Gasteiger charge is -2.20. The Morgan fingerprint density at radius 2 is 2.15 bits per heavy atom. The highest BCUT2D eigenvalue weighted by Crippen LogP contribution is 2.26. The lowest BCUT2D eigenvalue weighted by molar-refractivity contribution is -0.117. The van der Waals surface area contributed by atoms with E-state index in [0.717, 1.165) is 13.0 Å². The van der Waals surface area contributed by atoms with Crippen molar-refractivity contribution in [3.05, 3.63) is 29.8 Å². The van der Waals surface area contributed by atoms with E-state index in [1.54, 1.807) is 0 Å². The topological polar surface area (TPSA) is 58.4 Å². The standard InChI is InChI=1S/C15H21N3OS/c1-2-9-18(11-7-8-11)10-14(19)17-13-6-4-3-5-12(13)15(16)20/h3-6,11H,2,7-10H2,1H3,(H2,16,20)(H,17,19). The lowest BCUT2D eigenvalue weighted by atomic mass is 10.2. The van der Waals surface area contributed by atoms with Crippen LogP contribution in [0.1, 0.15) is 31.7 Å². The van der Waals surface area contributed by atoms with E-state index in [1.165, 1.54) is 12.8 Å². The first kappa shape index (κ1) is 14.9. The van der Waals surface area contributed by atoms with Gasteiger partial charge in [0, 0.05) is 11.6 Å². The molecule has 5 heteroatoms. The number of thiocarbonyl (C=S) groups is 1.